The summed E-state index contributed by atoms with van der Waals surface area (Å²) in [7, 11) is 0. The zero-order chi connectivity index (χ0) is 18.7. The van der Waals surface area contributed by atoms with Gasteiger partial charge in [-0.1, -0.05) is 55.0 Å². The quantitative estimate of drug-likeness (QED) is 0.728. The number of hydrogen-bond acceptors (Lipinski definition) is 2. The van der Waals surface area contributed by atoms with E-state index in [0.717, 1.165) is 29.1 Å². The van der Waals surface area contributed by atoms with Gasteiger partial charge in [-0.05, 0) is 44.9 Å². The summed E-state index contributed by atoms with van der Waals surface area (Å²) < 4.78 is 1.83. The standard InChI is InChI=1S/C22H25N3O/c1-5-20(18-13-11-15(2)12-14-18)23-22(26)21-16(3)24-25(17(21)4)19-9-7-6-8-10-19/h6-14,20H,5H2,1-4H3,(H,23,26). The highest BCUT2D eigenvalue weighted by atomic mass is 16.1. The van der Waals surface area contributed by atoms with Crippen LogP contribution < -0.4 is 5.32 Å². The van der Waals surface area contributed by atoms with E-state index in [1.165, 1.54) is 5.56 Å². The van der Waals surface area contributed by atoms with Crippen LogP contribution in [0.3, 0.4) is 0 Å². The molecule has 0 saturated carbocycles. The Bertz CT molecular complexity index is 895. The highest BCUT2D eigenvalue weighted by Crippen LogP contribution is 2.21. The van der Waals surface area contributed by atoms with E-state index in [0.29, 0.717) is 5.56 Å². The zero-order valence-electron chi connectivity index (χ0n) is 15.8. The molecule has 1 aromatic heterocycles. The molecule has 0 spiro atoms. The van der Waals surface area contributed by atoms with Crippen molar-refractivity contribution in [1.82, 2.24) is 15.1 Å². The molecule has 3 rings (SSSR count). The van der Waals surface area contributed by atoms with Crippen molar-refractivity contribution in [3.8, 4) is 5.69 Å². The van der Waals surface area contributed by atoms with Crippen LogP contribution in [0.4, 0.5) is 0 Å². The van der Waals surface area contributed by atoms with Crippen molar-refractivity contribution in [2.24, 2.45) is 0 Å². The average Bonchev–Trinajstić information content (AvgIpc) is 2.95. The number of benzene rings is 2. The van der Waals surface area contributed by atoms with Crippen molar-refractivity contribution in [2.75, 3.05) is 0 Å². The second-order valence-electron chi connectivity index (χ2n) is 6.64. The van der Waals surface area contributed by atoms with Gasteiger partial charge in [-0.3, -0.25) is 4.79 Å². The first-order valence-corrected chi connectivity index (χ1v) is 9.00. The topological polar surface area (TPSA) is 46.9 Å². The number of aromatic nitrogens is 2. The van der Waals surface area contributed by atoms with Crippen LogP contribution in [-0.4, -0.2) is 15.7 Å². The number of hydrogen-bond donors (Lipinski definition) is 1. The predicted molar refractivity (Wildman–Crippen MR) is 105 cm³/mol. The maximum atomic E-state index is 13.0. The fraction of sp³-hybridized carbons (Fsp3) is 0.273. The minimum absolute atomic E-state index is 0.0121. The lowest BCUT2D eigenvalue weighted by molar-refractivity contribution is 0.0934. The van der Waals surface area contributed by atoms with E-state index >= 15 is 0 Å². The molecule has 26 heavy (non-hydrogen) atoms. The largest absolute Gasteiger partial charge is 0.345 e. The zero-order valence-corrected chi connectivity index (χ0v) is 15.8. The van der Waals surface area contributed by atoms with E-state index in [1.807, 2.05) is 48.9 Å². The smallest absolute Gasteiger partial charge is 0.255 e. The van der Waals surface area contributed by atoms with Crippen LogP contribution in [0, 0.1) is 20.8 Å². The van der Waals surface area contributed by atoms with Gasteiger partial charge in [0.1, 0.15) is 0 Å². The maximum Gasteiger partial charge on any atom is 0.255 e. The Morgan fingerprint density at radius 3 is 2.31 bits per heavy atom. The molecule has 0 fully saturated rings. The third kappa shape index (κ3) is 3.54. The molecule has 3 aromatic rings. The first kappa shape index (κ1) is 17.9. The SMILES string of the molecule is CCC(NC(=O)c1c(C)nn(-c2ccccc2)c1C)c1ccc(C)cc1. The van der Waals surface area contributed by atoms with E-state index in [1.54, 1.807) is 0 Å². The number of carbonyl (C=O) groups excluding carboxylic acids is 1. The van der Waals surface area contributed by atoms with E-state index in [2.05, 4.69) is 48.5 Å². The second kappa shape index (κ2) is 7.56. The summed E-state index contributed by atoms with van der Waals surface area (Å²) in [5.74, 6) is -0.0744. The normalized spacial score (nSPS) is 12.0. The Morgan fingerprint density at radius 1 is 1.04 bits per heavy atom. The number of para-hydroxylation sites is 1. The molecule has 4 heteroatoms. The number of nitrogens with zero attached hydrogens (tertiary/aromatic N) is 2. The van der Waals surface area contributed by atoms with Crippen molar-refractivity contribution in [3.63, 3.8) is 0 Å². The maximum absolute atomic E-state index is 13.0. The van der Waals surface area contributed by atoms with Crippen molar-refractivity contribution >= 4 is 5.91 Å². The molecule has 1 N–H and O–H groups in total. The fourth-order valence-electron chi connectivity index (χ4n) is 3.24. The fourth-order valence-corrected chi connectivity index (χ4v) is 3.24. The number of amides is 1. The van der Waals surface area contributed by atoms with Crippen LogP contribution in [-0.2, 0) is 0 Å². The molecule has 0 aliphatic carbocycles. The van der Waals surface area contributed by atoms with E-state index in [-0.39, 0.29) is 11.9 Å². The lowest BCUT2D eigenvalue weighted by Crippen LogP contribution is -2.29. The molecule has 0 bridgehead atoms. The Morgan fingerprint density at radius 2 is 1.69 bits per heavy atom. The molecule has 0 saturated heterocycles. The van der Waals surface area contributed by atoms with Gasteiger partial charge in [0.05, 0.1) is 28.7 Å². The summed E-state index contributed by atoms with van der Waals surface area (Å²) in [6.07, 6.45) is 0.833. The number of rotatable bonds is 5. The predicted octanol–water partition coefficient (Wildman–Crippen LogP) is 4.68. The Labute approximate surface area is 154 Å². The van der Waals surface area contributed by atoms with E-state index in [9.17, 15) is 4.79 Å². The van der Waals surface area contributed by atoms with Gasteiger partial charge in [0.25, 0.3) is 5.91 Å². The highest BCUT2D eigenvalue weighted by molar-refractivity contribution is 5.96. The third-order valence-corrected chi connectivity index (χ3v) is 4.71. The van der Waals surface area contributed by atoms with Crippen molar-refractivity contribution < 1.29 is 4.79 Å². The van der Waals surface area contributed by atoms with Gasteiger partial charge in [0.15, 0.2) is 0 Å². The van der Waals surface area contributed by atoms with Gasteiger partial charge in [-0.15, -0.1) is 0 Å². The van der Waals surface area contributed by atoms with Crippen LogP contribution in [0.5, 0.6) is 0 Å². The molecule has 134 valence electrons. The monoisotopic (exact) mass is 347 g/mol. The van der Waals surface area contributed by atoms with Crippen LogP contribution >= 0.6 is 0 Å². The van der Waals surface area contributed by atoms with E-state index in [4.69, 9.17) is 0 Å². The first-order chi connectivity index (χ1) is 12.5. The van der Waals surface area contributed by atoms with Crippen LogP contribution in [0.15, 0.2) is 54.6 Å². The van der Waals surface area contributed by atoms with E-state index < -0.39 is 0 Å². The minimum atomic E-state index is -0.0744. The van der Waals surface area contributed by atoms with Gasteiger partial charge in [-0.2, -0.15) is 5.10 Å². The summed E-state index contributed by atoms with van der Waals surface area (Å²) in [6, 6.07) is 18.2. The molecule has 1 amide bonds. The average molecular weight is 347 g/mol. The molecule has 0 aliphatic heterocycles. The van der Waals surface area contributed by atoms with Crippen LogP contribution in [0.25, 0.3) is 5.69 Å². The van der Waals surface area contributed by atoms with Crippen molar-refractivity contribution in [3.05, 3.63) is 82.7 Å². The third-order valence-electron chi connectivity index (χ3n) is 4.71. The van der Waals surface area contributed by atoms with Gasteiger partial charge in [-0.25, -0.2) is 4.68 Å². The molecular weight excluding hydrogens is 322 g/mol. The summed E-state index contributed by atoms with van der Waals surface area (Å²) in [4.78, 5) is 13.0. The lowest BCUT2D eigenvalue weighted by Gasteiger charge is -2.18. The molecule has 1 atom stereocenters. The number of carbonyl (C=O) groups is 1. The van der Waals surface area contributed by atoms with Crippen LogP contribution in [0.2, 0.25) is 0 Å². The molecule has 1 unspecified atom stereocenters. The van der Waals surface area contributed by atoms with Crippen molar-refractivity contribution in [2.45, 2.75) is 40.2 Å². The number of nitrogens with one attached hydrogen (secondary N) is 1. The molecule has 0 aliphatic rings. The van der Waals surface area contributed by atoms with Gasteiger partial charge < -0.3 is 5.32 Å². The number of aryl methyl sites for hydroxylation is 2. The molecule has 4 nitrogen and oxygen atoms in total. The highest BCUT2D eigenvalue weighted by Gasteiger charge is 2.22. The Hall–Kier alpha value is -2.88. The van der Waals surface area contributed by atoms with Gasteiger partial charge in [0.2, 0.25) is 0 Å². The summed E-state index contributed by atoms with van der Waals surface area (Å²) in [5.41, 5.74) is 5.53. The molecule has 2 aromatic carbocycles. The summed E-state index contributed by atoms with van der Waals surface area (Å²) >= 11 is 0. The van der Waals surface area contributed by atoms with Crippen LogP contribution in [0.1, 0.15) is 52.3 Å². The lowest BCUT2D eigenvalue weighted by atomic mass is 10.0. The Kier molecular flexibility index (Phi) is 5.21. The second-order valence-corrected chi connectivity index (χ2v) is 6.64. The molecular formula is C22H25N3O. The molecule has 1 heterocycles. The minimum Gasteiger partial charge on any atom is -0.345 e. The summed E-state index contributed by atoms with van der Waals surface area (Å²) in [6.45, 7) is 7.97. The molecule has 0 radical (unpaired) electrons. The van der Waals surface area contributed by atoms with Gasteiger partial charge >= 0.3 is 0 Å². The summed E-state index contributed by atoms with van der Waals surface area (Å²) in [5, 5.41) is 7.75. The first-order valence-electron chi connectivity index (χ1n) is 9.00. The Balaban J connectivity index is 1.88. The van der Waals surface area contributed by atoms with Crippen molar-refractivity contribution in [1.29, 1.82) is 0 Å². The van der Waals surface area contributed by atoms with Gasteiger partial charge in [0, 0.05) is 0 Å².